The molecule has 1 rings (SSSR count). The molecule has 0 aliphatic carbocycles. The molecule has 0 saturated carbocycles. The van der Waals surface area contributed by atoms with E-state index < -0.39 is 0 Å². The van der Waals surface area contributed by atoms with Gasteiger partial charge in [0.2, 0.25) is 0 Å². The van der Waals surface area contributed by atoms with Gasteiger partial charge in [-0.2, -0.15) is 5.10 Å². The molecule has 1 aromatic rings. The first-order valence-corrected chi connectivity index (χ1v) is 5.40. The van der Waals surface area contributed by atoms with Crippen LogP contribution in [0.4, 0.5) is 5.69 Å². The van der Waals surface area contributed by atoms with Crippen molar-refractivity contribution < 1.29 is 0 Å². The van der Waals surface area contributed by atoms with Crippen LogP contribution in [0.3, 0.4) is 0 Å². The molecule has 0 aromatic carbocycles. The van der Waals surface area contributed by atoms with Crippen molar-refractivity contribution in [1.82, 2.24) is 9.78 Å². The summed E-state index contributed by atoms with van der Waals surface area (Å²) in [5.41, 5.74) is 1.13. The van der Waals surface area contributed by atoms with E-state index in [0.717, 1.165) is 18.2 Å². The van der Waals surface area contributed by atoms with Gasteiger partial charge in [0, 0.05) is 18.8 Å². The fraction of sp³-hybridized carbons (Fsp3) is 0.727. The van der Waals surface area contributed by atoms with Crippen molar-refractivity contribution in [2.75, 3.05) is 5.32 Å². The average molecular weight is 195 g/mol. The molecular formula is C11H21N3. The van der Waals surface area contributed by atoms with Crippen LogP contribution in [0.15, 0.2) is 12.4 Å². The Hall–Kier alpha value is -0.990. The topological polar surface area (TPSA) is 29.9 Å². The van der Waals surface area contributed by atoms with Crippen LogP contribution in [0.2, 0.25) is 0 Å². The average Bonchev–Trinajstić information content (AvgIpc) is 2.50. The Kier molecular flexibility index (Phi) is 3.98. The van der Waals surface area contributed by atoms with Gasteiger partial charge in [0.1, 0.15) is 0 Å². The first-order valence-electron chi connectivity index (χ1n) is 5.40. The summed E-state index contributed by atoms with van der Waals surface area (Å²) in [7, 11) is 0. The van der Waals surface area contributed by atoms with Gasteiger partial charge in [0.05, 0.1) is 11.9 Å². The summed E-state index contributed by atoms with van der Waals surface area (Å²) in [6, 6.07) is 0.518. The van der Waals surface area contributed by atoms with E-state index in [1.165, 1.54) is 6.42 Å². The molecule has 0 saturated heterocycles. The molecule has 3 nitrogen and oxygen atoms in total. The molecule has 14 heavy (non-hydrogen) atoms. The fourth-order valence-electron chi connectivity index (χ4n) is 1.66. The van der Waals surface area contributed by atoms with Crippen molar-refractivity contribution in [3.8, 4) is 0 Å². The molecule has 0 unspecified atom stereocenters. The third-order valence-corrected chi connectivity index (χ3v) is 2.20. The Morgan fingerprint density at radius 2 is 2.14 bits per heavy atom. The molecule has 0 bridgehead atoms. The quantitative estimate of drug-likeness (QED) is 0.783. The van der Waals surface area contributed by atoms with Crippen LogP contribution >= 0.6 is 0 Å². The fourth-order valence-corrected chi connectivity index (χ4v) is 1.66. The Balaban J connectivity index is 2.43. The van der Waals surface area contributed by atoms with Gasteiger partial charge < -0.3 is 5.32 Å². The van der Waals surface area contributed by atoms with Crippen LogP contribution in [0.5, 0.6) is 0 Å². The second-order valence-electron chi connectivity index (χ2n) is 4.26. The van der Waals surface area contributed by atoms with Gasteiger partial charge in [-0.1, -0.05) is 13.8 Å². The van der Waals surface area contributed by atoms with E-state index in [2.05, 4.69) is 44.3 Å². The van der Waals surface area contributed by atoms with Gasteiger partial charge in [-0.3, -0.25) is 4.68 Å². The number of nitrogens with one attached hydrogen (secondary N) is 1. The van der Waals surface area contributed by atoms with Crippen molar-refractivity contribution >= 4 is 5.69 Å². The number of hydrogen-bond acceptors (Lipinski definition) is 2. The van der Waals surface area contributed by atoms with E-state index in [1.54, 1.807) is 0 Å². The molecule has 1 heterocycles. The first-order chi connectivity index (χ1) is 6.61. The lowest BCUT2D eigenvalue weighted by Crippen LogP contribution is -2.16. The zero-order chi connectivity index (χ0) is 10.6. The molecule has 3 heteroatoms. The van der Waals surface area contributed by atoms with Crippen molar-refractivity contribution in [2.45, 2.75) is 46.7 Å². The van der Waals surface area contributed by atoms with E-state index in [-0.39, 0.29) is 0 Å². The highest BCUT2D eigenvalue weighted by Gasteiger charge is 2.05. The highest BCUT2D eigenvalue weighted by Crippen LogP contribution is 2.11. The minimum Gasteiger partial charge on any atom is -0.380 e. The lowest BCUT2D eigenvalue weighted by molar-refractivity contribution is 0.539. The Bertz CT molecular complexity index is 265. The lowest BCUT2D eigenvalue weighted by atomic mass is 10.1. The van der Waals surface area contributed by atoms with Gasteiger partial charge in [0.25, 0.3) is 0 Å². The molecule has 0 aliphatic rings. The molecule has 1 aromatic heterocycles. The first kappa shape index (κ1) is 11.1. The summed E-state index contributed by atoms with van der Waals surface area (Å²) in [5, 5.41) is 7.67. The van der Waals surface area contributed by atoms with Gasteiger partial charge in [-0.05, 0) is 26.2 Å². The van der Waals surface area contributed by atoms with Crippen LogP contribution in [-0.2, 0) is 6.54 Å². The Morgan fingerprint density at radius 1 is 1.43 bits per heavy atom. The zero-order valence-corrected chi connectivity index (χ0v) is 9.62. The molecule has 80 valence electrons. The zero-order valence-electron chi connectivity index (χ0n) is 9.62. The SMILES string of the molecule is CCn1cc(N[C@@H](C)CC(C)C)cn1. The van der Waals surface area contributed by atoms with E-state index in [9.17, 15) is 0 Å². The second-order valence-corrected chi connectivity index (χ2v) is 4.26. The van der Waals surface area contributed by atoms with Gasteiger partial charge >= 0.3 is 0 Å². The maximum atomic E-state index is 4.22. The summed E-state index contributed by atoms with van der Waals surface area (Å²) >= 11 is 0. The highest BCUT2D eigenvalue weighted by atomic mass is 15.3. The third kappa shape index (κ3) is 3.40. The summed E-state index contributed by atoms with van der Waals surface area (Å²) < 4.78 is 1.93. The number of nitrogens with zero attached hydrogens (tertiary/aromatic N) is 2. The molecule has 1 N–H and O–H groups in total. The van der Waals surface area contributed by atoms with Crippen LogP contribution < -0.4 is 5.32 Å². The highest BCUT2D eigenvalue weighted by molar-refractivity contribution is 5.38. The van der Waals surface area contributed by atoms with Gasteiger partial charge in [-0.25, -0.2) is 0 Å². The van der Waals surface area contributed by atoms with E-state index in [1.807, 2.05) is 10.9 Å². The second kappa shape index (κ2) is 5.03. The Morgan fingerprint density at radius 3 is 2.64 bits per heavy atom. The minimum absolute atomic E-state index is 0.518. The van der Waals surface area contributed by atoms with Crippen LogP contribution in [0, 0.1) is 5.92 Å². The number of anilines is 1. The summed E-state index contributed by atoms with van der Waals surface area (Å²) in [6.45, 7) is 9.72. The molecule has 0 aliphatic heterocycles. The normalized spacial score (nSPS) is 13.2. The third-order valence-electron chi connectivity index (χ3n) is 2.20. The minimum atomic E-state index is 0.518. The van der Waals surface area contributed by atoms with Crippen molar-refractivity contribution in [2.24, 2.45) is 5.92 Å². The van der Waals surface area contributed by atoms with Crippen molar-refractivity contribution in [3.05, 3.63) is 12.4 Å². The Labute approximate surface area is 86.5 Å². The van der Waals surface area contributed by atoms with Crippen LogP contribution in [-0.4, -0.2) is 15.8 Å². The number of hydrogen-bond donors (Lipinski definition) is 1. The smallest absolute Gasteiger partial charge is 0.0728 e. The number of aryl methyl sites for hydroxylation is 1. The summed E-state index contributed by atoms with van der Waals surface area (Å²) in [6.07, 6.45) is 5.13. The maximum Gasteiger partial charge on any atom is 0.0728 e. The van der Waals surface area contributed by atoms with Crippen molar-refractivity contribution in [1.29, 1.82) is 0 Å². The van der Waals surface area contributed by atoms with Crippen LogP contribution in [0.1, 0.15) is 34.1 Å². The number of aromatic nitrogens is 2. The summed E-state index contributed by atoms with van der Waals surface area (Å²) in [4.78, 5) is 0. The summed E-state index contributed by atoms with van der Waals surface area (Å²) in [5.74, 6) is 0.735. The van der Waals surface area contributed by atoms with Crippen LogP contribution in [0.25, 0.3) is 0 Å². The van der Waals surface area contributed by atoms with E-state index in [0.29, 0.717) is 6.04 Å². The monoisotopic (exact) mass is 195 g/mol. The predicted molar refractivity (Wildman–Crippen MR) is 60.4 cm³/mol. The van der Waals surface area contributed by atoms with Crippen molar-refractivity contribution in [3.63, 3.8) is 0 Å². The molecule has 0 spiro atoms. The largest absolute Gasteiger partial charge is 0.380 e. The van der Waals surface area contributed by atoms with Gasteiger partial charge in [-0.15, -0.1) is 0 Å². The standard InChI is InChI=1S/C11H21N3/c1-5-14-8-11(7-12-14)13-10(4)6-9(2)3/h7-10,13H,5-6H2,1-4H3/t10-/m0/s1. The molecule has 1 atom stereocenters. The number of rotatable bonds is 5. The molecule has 0 amide bonds. The lowest BCUT2D eigenvalue weighted by Gasteiger charge is -2.15. The maximum absolute atomic E-state index is 4.22. The molecule has 0 radical (unpaired) electrons. The van der Waals surface area contributed by atoms with E-state index >= 15 is 0 Å². The van der Waals surface area contributed by atoms with E-state index in [4.69, 9.17) is 0 Å². The van der Waals surface area contributed by atoms with Gasteiger partial charge in [0.15, 0.2) is 0 Å². The molecular weight excluding hydrogens is 174 g/mol. The predicted octanol–water partition coefficient (Wildman–Crippen LogP) is 2.75. The molecule has 0 fully saturated rings.